The predicted octanol–water partition coefficient (Wildman–Crippen LogP) is 2.34. The van der Waals surface area contributed by atoms with Crippen LogP contribution in [0, 0.1) is 5.92 Å². The lowest BCUT2D eigenvalue weighted by Crippen LogP contribution is -2.60. The normalized spacial score (nSPS) is 23.9. The number of aryl methyl sites for hydroxylation is 2. The first-order valence-electron chi connectivity index (χ1n) is 13.6. The maximum absolute atomic E-state index is 14.3. The van der Waals surface area contributed by atoms with Crippen molar-refractivity contribution in [2.45, 2.75) is 50.6 Å². The molecule has 0 radical (unpaired) electrons. The van der Waals surface area contributed by atoms with Gasteiger partial charge in [0.05, 0.1) is 18.7 Å². The average Bonchev–Trinajstić information content (AvgIpc) is 3.38. The Morgan fingerprint density at radius 1 is 1.26 bits per heavy atom. The van der Waals surface area contributed by atoms with Gasteiger partial charge in [0, 0.05) is 56.6 Å². The first-order chi connectivity index (χ1) is 18.4. The second-order valence-electron chi connectivity index (χ2n) is 10.6. The number of hydrogen-bond donors (Lipinski definition) is 4. The number of halogens is 2. The van der Waals surface area contributed by atoms with Crippen LogP contribution in [0.2, 0.25) is 0 Å². The minimum atomic E-state index is -2.63. The van der Waals surface area contributed by atoms with Crippen molar-refractivity contribution >= 4 is 17.6 Å². The van der Waals surface area contributed by atoms with Crippen LogP contribution in [0.25, 0.3) is 11.1 Å². The largest absolute Gasteiger partial charge is 0.341 e. The fraction of sp³-hybridized carbons (Fsp3) is 0.593. The Kier molecular flexibility index (Phi) is 7.94. The van der Waals surface area contributed by atoms with Gasteiger partial charge in [-0.15, -0.1) is 0 Å². The van der Waals surface area contributed by atoms with E-state index in [0.29, 0.717) is 42.6 Å². The molecular weight excluding hydrogens is 490 g/mol. The maximum atomic E-state index is 14.3. The number of rotatable bonds is 5. The number of urea groups is 1. The van der Waals surface area contributed by atoms with Gasteiger partial charge in [0.15, 0.2) is 0 Å². The van der Waals surface area contributed by atoms with Crippen LogP contribution in [0.4, 0.5) is 19.3 Å². The van der Waals surface area contributed by atoms with Crippen LogP contribution < -0.4 is 21.7 Å². The number of benzene rings is 1. The number of carbonyl (C=O) groups is 1. The van der Waals surface area contributed by atoms with Gasteiger partial charge in [-0.25, -0.2) is 18.2 Å². The number of carbonyl (C=O) groups excluding carboxylic acids is 1. The van der Waals surface area contributed by atoms with Crippen LogP contribution in [-0.2, 0) is 13.5 Å². The van der Waals surface area contributed by atoms with Gasteiger partial charge in [-0.05, 0) is 68.5 Å². The number of aromatic nitrogens is 2. The molecule has 5 rings (SSSR count). The number of likely N-dealkylation sites (tertiary alicyclic amines) is 1. The molecule has 0 spiro atoms. The number of nitrogens with two attached hydrogens (primary N) is 1. The third-order valence-electron chi connectivity index (χ3n) is 8.21. The van der Waals surface area contributed by atoms with E-state index in [2.05, 4.69) is 21.0 Å². The summed E-state index contributed by atoms with van der Waals surface area (Å²) in [6, 6.07) is 3.87. The molecule has 0 saturated carbocycles. The molecule has 3 aliphatic rings. The Bertz CT molecular complexity index is 1190. The van der Waals surface area contributed by atoms with E-state index in [1.165, 1.54) is 0 Å². The maximum Gasteiger partial charge on any atom is 0.317 e. The summed E-state index contributed by atoms with van der Waals surface area (Å²) in [5.41, 5.74) is 9.87. The quantitative estimate of drug-likeness (QED) is 0.352. The molecule has 2 unspecified atom stereocenters. The third kappa shape index (κ3) is 5.40. The summed E-state index contributed by atoms with van der Waals surface area (Å²) >= 11 is 0. The van der Waals surface area contributed by atoms with Crippen LogP contribution in [0.3, 0.4) is 0 Å². The van der Waals surface area contributed by atoms with E-state index < -0.39 is 6.43 Å². The topological polar surface area (TPSA) is 103 Å². The highest BCUT2D eigenvalue weighted by atomic mass is 19.3. The lowest BCUT2D eigenvalue weighted by Gasteiger charge is -2.40. The number of hydrogen-bond acceptors (Lipinski definition) is 4. The van der Waals surface area contributed by atoms with Crippen LogP contribution in [0.15, 0.2) is 24.5 Å². The zero-order chi connectivity index (χ0) is 26.8. The smallest absolute Gasteiger partial charge is 0.317 e. The van der Waals surface area contributed by atoms with Crippen molar-refractivity contribution in [2.24, 2.45) is 18.7 Å². The van der Waals surface area contributed by atoms with E-state index in [9.17, 15) is 13.6 Å². The van der Waals surface area contributed by atoms with E-state index >= 15 is 0 Å². The molecule has 2 fully saturated rings. The van der Waals surface area contributed by atoms with Crippen molar-refractivity contribution in [1.82, 2.24) is 30.6 Å². The zero-order valence-corrected chi connectivity index (χ0v) is 22.2. The van der Waals surface area contributed by atoms with E-state index in [1.54, 1.807) is 42.1 Å². The minimum Gasteiger partial charge on any atom is -0.341 e. The zero-order valence-electron chi connectivity index (χ0n) is 22.2. The van der Waals surface area contributed by atoms with Crippen LogP contribution in [0.5, 0.6) is 0 Å². The Morgan fingerprint density at radius 3 is 2.74 bits per heavy atom. The van der Waals surface area contributed by atoms with E-state index in [0.717, 1.165) is 56.4 Å². The van der Waals surface area contributed by atoms with Gasteiger partial charge in [0.2, 0.25) is 0 Å². The van der Waals surface area contributed by atoms with Gasteiger partial charge in [-0.1, -0.05) is 0 Å². The molecule has 2 aromatic rings. The van der Waals surface area contributed by atoms with Crippen molar-refractivity contribution < 1.29 is 18.2 Å². The first-order valence-corrected chi connectivity index (χ1v) is 13.6. The number of amidine groups is 1. The van der Waals surface area contributed by atoms with E-state index in [1.807, 2.05) is 10.6 Å². The van der Waals surface area contributed by atoms with Crippen LogP contribution >= 0.6 is 0 Å². The minimum absolute atomic E-state index is 0.0172. The van der Waals surface area contributed by atoms with E-state index in [-0.39, 0.29) is 23.6 Å². The third-order valence-corrected chi connectivity index (χ3v) is 8.21. The van der Waals surface area contributed by atoms with Crippen molar-refractivity contribution in [1.29, 1.82) is 0 Å². The number of amides is 2. The van der Waals surface area contributed by atoms with Gasteiger partial charge < -0.3 is 20.9 Å². The lowest BCUT2D eigenvalue weighted by molar-refractivity contribution is -0.450. The molecule has 3 aliphatic heterocycles. The molecule has 1 aromatic heterocycles. The fourth-order valence-electron chi connectivity index (χ4n) is 6.19. The number of nitrogens with zero attached hydrogens (tertiary/aromatic N) is 4. The van der Waals surface area contributed by atoms with Crippen LogP contribution in [-0.4, -0.2) is 83.0 Å². The lowest BCUT2D eigenvalue weighted by atomic mass is 9.88. The molecule has 2 saturated heterocycles. The molecule has 0 bridgehead atoms. The number of nitrogens with one attached hydrogen (secondary N) is 3. The molecule has 4 heterocycles. The second-order valence-corrected chi connectivity index (χ2v) is 10.6. The Labute approximate surface area is 222 Å². The second kappa shape index (κ2) is 11.4. The van der Waals surface area contributed by atoms with Gasteiger partial charge >= 0.3 is 6.03 Å². The molecule has 9 nitrogen and oxygen atoms in total. The van der Waals surface area contributed by atoms with Gasteiger partial charge in [0.1, 0.15) is 5.69 Å². The highest BCUT2D eigenvalue weighted by molar-refractivity contribution is 5.82. The summed E-state index contributed by atoms with van der Waals surface area (Å²) in [6.45, 7) is 3.74. The van der Waals surface area contributed by atoms with Crippen molar-refractivity contribution in [2.75, 3.05) is 39.8 Å². The molecule has 5 N–H and O–H groups in total. The standard InChI is InChI=1S/C27H38F2N8O/c1-31-27(38)36-11-7-23(34-19-5-8-32-9-6-19)22(16-36)26(30)37-10-3-4-17-12-20(18-14-33-35(2)15-18)21(25(28)29)13-24(17)37/h12-15,19,22-23,25,30,32,34H,3-11,16H2,1-2H3,(H,31,38)/p+1. The Morgan fingerprint density at radius 2 is 2.05 bits per heavy atom. The Hall–Kier alpha value is -3.05. The molecule has 1 aromatic carbocycles. The summed E-state index contributed by atoms with van der Waals surface area (Å²) in [4.78, 5) is 14.3. The molecule has 11 heteroatoms. The van der Waals surface area contributed by atoms with Crippen molar-refractivity contribution in [3.05, 3.63) is 35.7 Å². The molecule has 38 heavy (non-hydrogen) atoms. The molecule has 206 valence electrons. The summed E-state index contributed by atoms with van der Waals surface area (Å²) in [7, 11) is 3.41. The van der Waals surface area contributed by atoms with E-state index in [4.69, 9.17) is 5.73 Å². The Balaban J connectivity index is 1.53. The molecular formula is C27H39F2N8O+. The first kappa shape index (κ1) is 26.6. The van der Waals surface area contributed by atoms with Crippen molar-refractivity contribution in [3.63, 3.8) is 0 Å². The average molecular weight is 530 g/mol. The predicted molar refractivity (Wildman–Crippen MR) is 143 cm³/mol. The van der Waals surface area contributed by atoms with Gasteiger partial charge in [-0.2, -0.15) is 5.10 Å². The molecule has 0 aliphatic carbocycles. The molecule has 2 atom stereocenters. The highest BCUT2D eigenvalue weighted by Crippen LogP contribution is 2.38. The van der Waals surface area contributed by atoms with Crippen molar-refractivity contribution in [3.8, 4) is 11.1 Å². The fourth-order valence-corrected chi connectivity index (χ4v) is 6.19. The summed E-state index contributed by atoms with van der Waals surface area (Å²) in [5.74, 6) is 0.509. The van der Waals surface area contributed by atoms with Gasteiger partial charge in [-0.3, -0.25) is 10.4 Å². The molecule has 2 amide bonds. The summed E-state index contributed by atoms with van der Waals surface area (Å²) < 4.78 is 32.3. The van der Waals surface area contributed by atoms with Crippen LogP contribution in [0.1, 0.15) is 43.2 Å². The highest BCUT2D eigenvalue weighted by Gasteiger charge is 2.39. The number of piperidine rings is 2. The van der Waals surface area contributed by atoms with Gasteiger partial charge in [0.25, 0.3) is 12.3 Å². The number of alkyl halides is 2. The summed E-state index contributed by atoms with van der Waals surface area (Å²) in [5, 5.41) is 14.2. The summed E-state index contributed by atoms with van der Waals surface area (Å²) in [6.07, 6.45) is 5.29. The SMILES string of the molecule is CNC(=O)N1CCC(NC2CCNCC2)C(C(N)=[N+]2CCCc3cc(-c4cnn(C)c4)c(C(F)F)cc32)C1. The number of fused-ring (bicyclic) bond motifs is 1. The monoisotopic (exact) mass is 529 g/mol.